The molecule has 0 amide bonds. The van der Waals surface area contributed by atoms with Gasteiger partial charge in [-0.2, -0.15) is 5.26 Å². The van der Waals surface area contributed by atoms with E-state index in [1.165, 1.54) is 18.2 Å². The molecule has 12 heteroatoms. The number of carboxylic acids is 1. The quantitative estimate of drug-likeness (QED) is 0.215. The van der Waals surface area contributed by atoms with Gasteiger partial charge in [0.05, 0.1) is 42.0 Å². The topological polar surface area (TPSA) is 123 Å². The van der Waals surface area contributed by atoms with Crippen molar-refractivity contribution in [3.63, 3.8) is 0 Å². The van der Waals surface area contributed by atoms with Crippen molar-refractivity contribution in [3.05, 3.63) is 88.9 Å². The van der Waals surface area contributed by atoms with Crippen LogP contribution in [0.3, 0.4) is 0 Å². The van der Waals surface area contributed by atoms with Crippen LogP contribution >= 0.6 is 0 Å². The normalized spacial score (nSPS) is 17.4. The van der Waals surface area contributed by atoms with Gasteiger partial charge in [-0.1, -0.05) is 6.07 Å². The molecule has 2 aliphatic heterocycles. The third-order valence-electron chi connectivity index (χ3n) is 8.27. The first-order valence-corrected chi connectivity index (χ1v) is 15.1. The molecule has 2 saturated heterocycles. The number of pyridine rings is 1. The zero-order valence-corrected chi connectivity index (χ0v) is 25.3. The number of carbonyl (C=O) groups is 1. The lowest BCUT2D eigenvalue weighted by molar-refractivity contribution is -0.131. The van der Waals surface area contributed by atoms with Gasteiger partial charge in [-0.15, -0.1) is 0 Å². The molecule has 2 fully saturated rings. The van der Waals surface area contributed by atoms with Gasteiger partial charge >= 0.3 is 5.97 Å². The lowest BCUT2D eigenvalue weighted by atomic mass is 10.1. The van der Waals surface area contributed by atoms with Crippen LogP contribution in [0.2, 0.25) is 0 Å². The van der Waals surface area contributed by atoms with Gasteiger partial charge in [-0.3, -0.25) is 4.90 Å². The van der Waals surface area contributed by atoms with E-state index < -0.39 is 17.6 Å². The van der Waals surface area contributed by atoms with Crippen molar-refractivity contribution < 1.29 is 32.9 Å². The number of likely N-dealkylation sites (tertiary alicyclic amines) is 1. The van der Waals surface area contributed by atoms with Crippen LogP contribution in [-0.4, -0.2) is 62.4 Å². The van der Waals surface area contributed by atoms with Crippen LogP contribution in [0.5, 0.6) is 11.6 Å². The SMILES string of the molecule is C/C(=C\C(=O)O)c1cc(F)c2nc(CN3CCC(Oc4cccc(COc5ccc(C#N)cc5F)n4)CC3)n(C[C@@H]3CCO3)c2c1. The Morgan fingerprint density at radius 3 is 2.63 bits per heavy atom. The Hall–Kier alpha value is -4.86. The maximum Gasteiger partial charge on any atom is 0.328 e. The summed E-state index contributed by atoms with van der Waals surface area (Å²) < 4.78 is 48.9. The summed E-state index contributed by atoms with van der Waals surface area (Å²) in [6.45, 7) is 4.92. The number of hydrogen-bond donors (Lipinski definition) is 1. The van der Waals surface area contributed by atoms with E-state index in [-0.39, 0.29) is 35.6 Å². The fourth-order valence-corrected chi connectivity index (χ4v) is 5.68. The number of imidazole rings is 1. The molecular formula is C34H33F2N5O5. The van der Waals surface area contributed by atoms with E-state index in [1.54, 1.807) is 25.1 Å². The number of nitriles is 1. The Morgan fingerprint density at radius 1 is 1.13 bits per heavy atom. The van der Waals surface area contributed by atoms with Gasteiger partial charge in [-0.05, 0) is 73.7 Å². The molecule has 4 aromatic rings. The summed E-state index contributed by atoms with van der Waals surface area (Å²) in [5.41, 5.74) is 2.63. The molecule has 2 aromatic carbocycles. The number of halogens is 2. The Labute approximate surface area is 264 Å². The fourth-order valence-electron chi connectivity index (χ4n) is 5.68. The van der Waals surface area contributed by atoms with E-state index in [1.807, 2.05) is 16.7 Å². The van der Waals surface area contributed by atoms with Crippen LogP contribution in [0.4, 0.5) is 8.78 Å². The Bertz CT molecular complexity index is 1820. The van der Waals surface area contributed by atoms with Crippen LogP contribution in [0.1, 0.15) is 48.8 Å². The number of rotatable bonds is 11. The van der Waals surface area contributed by atoms with Crippen molar-refractivity contribution in [2.75, 3.05) is 19.7 Å². The standard InChI is InChI=1S/C34H33F2N5O5/c1-21(13-33(42)43)23-15-28(36)34-29(16-23)41(18-26-9-12-44-26)31(39-34)19-40-10-7-25(8-11-40)46-32-4-2-3-24(38-32)20-45-30-6-5-22(17-37)14-27(30)35/h2-6,13-16,25-26H,7-12,18-20H2,1H3,(H,42,43)/b21-13+/t26-/m0/s1. The predicted octanol–water partition coefficient (Wildman–Crippen LogP) is 5.48. The molecule has 0 spiro atoms. The summed E-state index contributed by atoms with van der Waals surface area (Å²) in [4.78, 5) is 22.7. The first-order chi connectivity index (χ1) is 22.2. The van der Waals surface area contributed by atoms with Gasteiger partial charge in [0.2, 0.25) is 5.88 Å². The molecule has 1 atom stereocenters. The van der Waals surface area contributed by atoms with Gasteiger partial charge in [0.1, 0.15) is 24.1 Å². The van der Waals surface area contributed by atoms with E-state index in [0.29, 0.717) is 47.9 Å². The van der Waals surface area contributed by atoms with Gasteiger partial charge in [0, 0.05) is 31.8 Å². The zero-order chi connectivity index (χ0) is 32.2. The van der Waals surface area contributed by atoms with Crippen LogP contribution in [0, 0.1) is 23.0 Å². The monoisotopic (exact) mass is 629 g/mol. The number of benzene rings is 2. The lowest BCUT2D eigenvalue weighted by Crippen LogP contribution is -2.39. The smallest absolute Gasteiger partial charge is 0.328 e. The molecule has 0 radical (unpaired) electrons. The summed E-state index contributed by atoms with van der Waals surface area (Å²) >= 11 is 0. The Kier molecular flexibility index (Phi) is 9.23. The van der Waals surface area contributed by atoms with E-state index in [2.05, 4.69) is 9.88 Å². The highest BCUT2D eigenvalue weighted by Crippen LogP contribution is 2.29. The highest BCUT2D eigenvalue weighted by atomic mass is 19.1. The Morgan fingerprint density at radius 2 is 1.93 bits per heavy atom. The minimum absolute atomic E-state index is 0.0226. The predicted molar refractivity (Wildman–Crippen MR) is 164 cm³/mol. The summed E-state index contributed by atoms with van der Waals surface area (Å²) in [6.07, 6.45) is 3.46. The van der Waals surface area contributed by atoms with E-state index in [4.69, 9.17) is 24.5 Å². The van der Waals surface area contributed by atoms with Gasteiger partial charge in [-0.25, -0.2) is 23.5 Å². The minimum Gasteiger partial charge on any atom is -0.484 e. The second kappa shape index (κ2) is 13.6. The number of hydrogen-bond acceptors (Lipinski definition) is 8. The minimum atomic E-state index is -1.09. The zero-order valence-electron chi connectivity index (χ0n) is 25.3. The van der Waals surface area contributed by atoms with Crippen molar-refractivity contribution in [1.82, 2.24) is 19.4 Å². The number of piperidine rings is 1. The Balaban J connectivity index is 1.09. The number of carboxylic acid groups (broad SMARTS) is 1. The molecule has 1 N–H and O–H groups in total. The third kappa shape index (κ3) is 7.17. The number of allylic oxidation sites excluding steroid dienone is 1. The number of aromatic nitrogens is 3. The second-order valence-corrected chi connectivity index (χ2v) is 11.5. The third-order valence-corrected chi connectivity index (χ3v) is 8.27. The van der Waals surface area contributed by atoms with Crippen molar-refractivity contribution in [2.45, 2.75) is 58.1 Å². The molecule has 46 heavy (non-hydrogen) atoms. The lowest BCUT2D eigenvalue weighted by Gasteiger charge is -2.32. The first kappa shape index (κ1) is 31.1. The van der Waals surface area contributed by atoms with Gasteiger partial charge in [0.15, 0.2) is 17.4 Å². The number of fused-ring (bicyclic) bond motifs is 1. The molecule has 238 valence electrons. The average Bonchev–Trinajstić information content (AvgIpc) is 3.36. The molecule has 0 aliphatic carbocycles. The van der Waals surface area contributed by atoms with Crippen LogP contribution in [0.25, 0.3) is 16.6 Å². The number of nitrogens with zero attached hydrogens (tertiary/aromatic N) is 5. The van der Waals surface area contributed by atoms with Crippen molar-refractivity contribution in [3.8, 4) is 17.7 Å². The summed E-state index contributed by atoms with van der Waals surface area (Å²) in [6, 6.07) is 14.4. The maximum absolute atomic E-state index is 15.3. The maximum atomic E-state index is 15.3. The average molecular weight is 630 g/mol. The van der Waals surface area contributed by atoms with Crippen LogP contribution in [0.15, 0.2) is 54.6 Å². The largest absolute Gasteiger partial charge is 0.484 e. The highest BCUT2D eigenvalue weighted by Gasteiger charge is 2.26. The van der Waals surface area contributed by atoms with Crippen LogP contribution in [-0.2, 0) is 29.2 Å². The molecule has 6 rings (SSSR count). The first-order valence-electron chi connectivity index (χ1n) is 15.1. The molecular weight excluding hydrogens is 596 g/mol. The van der Waals surface area contributed by atoms with Crippen molar-refractivity contribution in [2.24, 2.45) is 0 Å². The molecule has 0 saturated carbocycles. The summed E-state index contributed by atoms with van der Waals surface area (Å²) in [7, 11) is 0. The summed E-state index contributed by atoms with van der Waals surface area (Å²) in [5, 5.41) is 18.1. The second-order valence-electron chi connectivity index (χ2n) is 11.5. The molecule has 0 bridgehead atoms. The highest BCUT2D eigenvalue weighted by molar-refractivity contribution is 5.91. The van der Waals surface area contributed by atoms with Crippen molar-refractivity contribution in [1.29, 1.82) is 5.26 Å². The molecule has 4 heterocycles. The molecule has 10 nitrogen and oxygen atoms in total. The number of ether oxygens (including phenoxy) is 3. The van der Waals surface area contributed by atoms with Crippen molar-refractivity contribution >= 4 is 22.6 Å². The van der Waals surface area contributed by atoms with E-state index in [0.717, 1.165) is 50.3 Å². The van der Waals surface area contributed by atoms with Crippen LogP contribution < -0.4 is 9.47 Å². The fraction of sp³-hybridized carbons (Fsp3) is 0.353. The van der Waals surface area contributed by atoms with Gasteiger partial charge in [0.25, 0.3) is 0 Å². The summed E-state index contributed by atoms with van der Waals surface area (Å²) in [5.74, 6) is -0.954. The van der Waals surface area contributed by atoms with E-state index in [9.17, 15) is 14.3 Å². The number of aliphatic carboxylic acids is 1. The van der Waals surface area contributed by atoms with E-state index >= 15 is 4.39 Å². The molecule has 2 aliphatic rings. The molecule has 0 unspecified atom stereocenters. The molecule has 2 aromatic heterocycles. The van der Waals surface area contributed by atoms with Gasteiger partial charge < -0.3 is 23.9 Å².